The van der Waals surface area contributed by atoms with Crippen LogP contribution in [-0.2, 0) is 22.5 Å². The van der Waals surface area contributed by atoms with Crippen LogP contribution in [0.2, 0.25) is 0 Å². The molecule has 1 atom stereocenters. The van der Waals surface area contributed by atoms with E-state index < -0.39 is 0 Å². The van der Waals surface area contributed by atoms with Gasteiger partial charge in [-0.2, -0.15) is 0 Å². The Morgan fingerprint density at radius 1 is 0.692 bits per heavy atom. The molecule has 1 unspecified atom stereocenters. The molecule has 0 heterocycles. The highest BCUT2D eigenvalue weighted by Gasteiger charge is 2.35. The molecule has 0 spiro atoms. The highest BCUT2D eigenvalue weighted by Crippen LogP contribution is 2.20. The third-order valence-electron chi connectivity index (χ3n) is 7.78. The lowest BCUT2D eigenvalue weighted by Gasteiger charge is -2.36. The number of quaternary nitrogens is 1. The number of rotatable bonds is 22. The fourth-order valence-electron chi connectivity index (χ4n) is 5.36. The zero-order valence-electron chi connectivity index (χ0n) is 25.5. The predicted molar refractivity (Wildman–Crippen MR) is 164 cm³/mol. The number of nitrogens with zero attached hydrogens (tertiary/aromatic N) is 1. The number of ether oxygens (including phenoxy) is 2. The van der Waals surface area contributed by atoms with E-state index in [1.54, 1.807) is 0 Å². The SMILES string of the molecule is CCCCCCCCCCCCCCc1ccc(OCOC(=O)C(CCC)[N+](C)(C)Cc2ccccc2)cc1. The smallest absolute Gasteiger partial charge is 0.367 e. The van der Waals surface area contributed by atoms with Crippen molar-refractivity contribution >= 4 is 5.97 Å². The van der Waals surface area contributed by atoms with Gasteiger partial charge in [0.05, 0.1) is 14.1 Å². The van der Waals surface area contributed by atoms with Crippen molar-refractivity contribution < 1.29 is 18.8 Å². The quantitative estimate of drug-likeness (QED) is 0.0648. The number of esters is 1. The number of carbonyl (C=O) groups excluding carboxylic acids is 1. The number of benzene rings is 2. The van der Waals surface area contributed by atoms with Crippen molar-refractivity contribution in [3.63, 3.8) is 0 Å². The van der Waals surface area contributed by atoms with E-state index in [0.29, 0.717) is 4.48 Å². The van der Waals surface area contributed by atoms with E-state index in [2.05, 4.69) is 52.2 Å². The van der Waals surface area contributed by atoms with E-state index in [9.17, 15) is 4.79 Å². The molecule has 4 heteroatoms. The van der Waals surface area contributed by atoms with Crippen molar-refractivity contribution in [1.29, 1.82) is 0 Å². The van der Waals surface area contributed by atoms with Crippen LogP contribution in [-0.4, -0.2) is 37.4 Å². The Morgan fingerprint density at radius 3 is 1.82 bits per heavy atom. The van der Waals surface area contributed by atoms with Gasteiger partial charge >= 0.3 is 5.97 Å². The fraction of sp³-hybridized carbons (Fsp3) is 0.629. The summed E-state index contributed by atoms with van der Waals surface area (Å²) in [6.45, 7) is 5.12. The second-order valence-corrected chi connectivity index (χ2v) is 11.7. The average molecular weight is 539 g/mol. The molecule has 2 rings (SSSR count). The van der Waals surface area contributed by atoms with Crippen molar-refractivity contribution in [3.8, 4) is 5.75 Å². The second-order valence-electron chi connectivity index (χ2n) is 11.7. The monoisotopic (exact) mass is 538 g/mol. The van der Waals surface area contributed by atoms with Crippen LogP contribution in [0.1, 0.15) is 115 Å². The highest BCUT2D eigenvalue weighted by atomic mass is 16.7. The molecule has 0 saturated heterocycles. The summed E-state index contributed by atoms with van der Waals surface area (Å²) in [5, 5.41) is 0. The normalized spacial score (nSPS) is 12.3. The van der Waals surface area contributed by atoms with Gasteiger partial charge in [-0.25, -0.2) is 4.79 Å². The summed E-state index contributed by atoms with van der Waals surface area (Å²) in [6, 6.07) is 18.3. The van der Waals surface area contributed by atoms with Crippen molar-refractivity contribution in [2.75, 3.05) is 20.9 Å². The Labute approximate surface area is 239 Å². The second kappa shape index (κ2) is 19.7. The van der Waals surface area contributed by atoms with E-state index in [1.165, 1.54) is 88.2 Å². The van der Waals surface area contributed by atoms with Crippen molar-refractivity contribution in [1.82, 2.24) is 0 Å². The van der Waals surface area contributed by atoms with Crippen LogP contribution in [0.3, 0.4) is 0 Å². The molecule has 0 radical (unpaired) electrons. The van der Waals surface area contributed by atoms with Crippen LogP contribution in [0.15, 0.2) is 54.6 Å². The van der Waals surface area contributed by atoms with Crippen molar-refractivity contribution in [2.24, 2.45) is 0 Å². The Kier molecular flexibility index (Phi) is 16.6. The summed E-state index contributed by atoms with van der Waals surface area (Å²) >= 11 is 0. The number of hydrogen-bond donors (Lipinski definition) is 0. The summed E-state index contributed by atoms with van der Waals surface area (Å²) in [7, 11) is 4.20. The third-order valence-corrected chi connectivity index (χ3v) is 7.78. The number of carbonyl (C=O) groups is 1. The minimum atomic E-state index is -0.225. The van der Waals surface area contributed by atoms with Crippen LogP contribution < -0.4 is 4.74 Å². The maximum absolute atomic E-state index is 13.0. The Bertz CT molecular complexity index is 879. The van der Waals surface area contributed by atoms with E-state index in [4.69, 9.17) is 9.47 Å². The maximum atomic E-state index is 13.0. The predicted octanol–water partition coefficient (Wildman–Crippen LogP) is 9.26. The van der Waals surface area contributed by atoms with Crippen LogP contribution >= 0.6 is 0 Å². The molecule has 0 fully saturated rings. The minimum Gasteiger partial charge on any atom is -0.457 e. The first-order valence-electron chi connectivity index (χ1n) is 15.7. The average Bonchev–Trinajstić information content (AvgIpc) is 2.93. The summed E-state index contributed by atoms with van der Waals surface area (Å²) in [4.78, 5) is 13.0. The largest absolute Gasteiger partial charge is 0.457 e. The van der Waals surface area contributed by atoms with Gasteiger partial charge in [-0.15, -0.1) is 0 Å². The van der Waals surface area contributed by atoms with Gasteiger partial charge in [-0.1, -0.05) is 127 Å². The van der Waals surface area contributed by atoms with Gasteiger partial charge in [0.25, 0.3) is 0 Å². The lowest BCUT2D eigenvalue weighted by atomic mass is 10.0. The van der Waals surface area contributed by atoms with Crippen molar-refractivity contribution in [2.45, 2.75) is 123 Å². The lowest BCUT2D eigenvalue weighted by molar-refractivity contribution is -0.920. The number of likely N-dealkylation sites (N-methyl/N-ethyl adjacent to an activating group) is 1. The fourth-order valence-corrected chi connectivity index (χ4v) is 5.36. The standard InChI is InChI=1S/C35H56NO3/c1-5-7-8-9-10-11-12-13-14-15-16-18-22-31-25-27-33(28-26-31)38-30-39-35(37)34(21-6-2)36(3,4)29-32-23-19-17-20-24-32/h17,19-20,23-28,34H,5-16,18,21-22,29-30H2,1-4H3/q+1. The molecule has 218 valence electrons. The minimum absolute atomic E-state index is 0.0531. The molecule has 0 N–H and O–H groups in total. The molecule has 0 aliphatic rings. The van der Waals surface area contributed by atoms with E-state index in [-0.39, 0.29) is 18.8 Å². The molecule has 0 saturated carbocycles. The molecular weight excluding hydrogens is 482 g/mol. The summed E-state index contributed by atoms with van der Waals surface area (Å²) in [5.41, 5.74) is 2.56. The topological polar surface area (TPSA) is 35.5 Å². The van der Waals surface area contributed by atoms with Crippen LogP contribution in [0.5, 0.6) is 5.75 Å². The first kappa shape index (κ1) is 32.9. The molecule has 0 aliphatic carbocycles. The summed E-state index contributed by atoms with van der Waals surface area (Å²) in [6.07, 6.45) is 19.3. The number of hydrogen-bond acceptors (Lipinski definition) is 3. The van der Waals surface area contributed by atoms with Gasteiger partial charge in [0.15, 0.2) is 6.04 Å². The lowest BCUT2D eigenvalue weighted by Crippen LogP contribution is -2.53. The first-order valence-corrected chi connectivity index (χ1v) is 15.7. The third kappa shape index (κ3) is 14.0. The molecule has 0 bridgehead atoms. The van der Waals surface area contributed by atoms with Crippen LogP contribution in [0.25, 0.3) is 0 Å². The highest BCUT2D eigenvalue weighted by molar-refractivity contribution is 5.74. The first-order chi connectivity index (χ1) is 19.0. The van der Waals surface area contributed by atoms with Crippen LogP contribution in [0, 0.1) is 0 Å². The van der Waals surface area contributed by atoms with Gasteiger partial charge in [-0.3, -0.25) is 0 Å². The number of aryl methyl sites for hydroxylation is 1. The maximum Gasteiger partial charge on any atom is 0.367 e. The zero-order valence-corrected chi connectivity index (χ0v) is 25.5. The van der Waals surface area contributed by atoms with E-state index in [0.717, 1.165) is 31.6 Å². The molecular formula is C35H56NO3+. The van der Waals surface area contributed by atoms with Gasteiger partial charge in [0.1, 0.15) is 12.3 Å². The summed E-state index contributed by atoms with van der Waals surface area (Å²) < 4.78 is 11.9. The Balaban J connectivity index is 1.61. The zero-order chi connectivity index (χ0) is 28.2. The molecule has 0 amide bonds. The van der Waals surface area contributed by atoms with Crippen LogP contribution in [0.4, 0.5) is 0 Å². The molecule has 39 heavy (non-hydrogen) atoms. The molecule has 0 aliphatic heterocycles. The van der Waals surface area contributed by atoms with Gasteiger partial charge < -0.3 is 14.0 Å². The Hall–Kier alpha value is -2.33. The molecule has 2 aromatic carbocycles. The molecule has 2 aromatic rings. The molecule has 4 nitrogen and oxygen atoms in total. The molecule has 0 aromatic heterocycles. The van der Waals surface area contributed by atoms with Crippen molar-refractivity contribution in [3.05, 3.63) is 65.7 Å². The Morgan fingerprint density at radius 2 is 1.26 bits per heavy atom. The van der Waals surface area contributed by atoms with E-state index in [1.807, 2.05) is 30.3 Å². The summed E-state index contributed by atoms with van der Waals surface area (Å²) in [5.74, 6) is 0.549. The van der Waals surface area contributed by atoms with E-state index >= 15 is 0 Å². The van der Waals surface area contributed by atoms with Gasteiger partial charge in [-0.05, 0) is 37.0 Å². The van der Waals surface area contributed by atoms with Gasteiger partial charge in [0, 0.05) is 12.0 Å². The van der Waals surface area contributed by atoms with Gasteiger partial charge in [0.2, 0.25) is 6.79 Å². The number of unbranched alkanes of at least 4 members (excludes halogenated alkanes) is 11.